The van der Waals surface area contributed by atoms with Crippen LogP contribution in [0.3, 0.4) is 0 Å². The highest BCUT2D eigenvalue weighted by molar-refractivity contribution is 7.99. The number of amides is 3. The summed E-state index contributed by atoms with van der Waals surface area (Å²) in [6.45, 7) is 0. The first-order valence-electron chi connectivity index (χ1n) is 7.40. The van der Waals surface area contributed by atoms with Gasteiger partial charge in [-0.15, -0.1) is 16.4 Å². The van der Waals surface area contributed by atoms with Gasteiger partial charge in [-0.1, -0.05) is 30.7 Å². The van der Waals surface area contributed by atoms with Crippen LogP contribution < -0.4 is 10.6 Å². The SMILES string of the molecule is O=C(CSc1n[nH]c(-c2cccs2)n1)NC(=O)NC1CCCC1. The van der Waals surface area contributed by atoms with E-state index in [1.807, 2.05) is 17.5 Å². The lowest BCUT2D eigenvalue weighted by Crippen LogP contribution is -2.44. The molecule has 0 aliphatic heterocycles. The van der Waals surface area contributed by atoms with Crippen molar-refractivity contribution in [1.29, 1.82) is 0 Å². The van der Waals surface area contributed by atoms with Crippen molar-refractivity contribution in [3.05, 3.63) is 17.5 Å². The monoisotopic (exact) mass is 351 g/mol. The predicted octanol–water partition coefficient (Wildman–Crippen LogP) is 2.39. The lowest BCUT2D eigenvalue weighted by molar-refractivity contribution is -0.117. The first-order chi connectivity index (χ1) is 11.2. The van der Waals surface area contributed by atoms with Gasteiger partial charge in [0.05, 0.1) is 10.6 Å². The van der Waals surface area contributed by atoms with Crippen molar-refractivity contribution in [2.24, 2.45) is 0 Å². The fraction of sp³-hybridized carbons (Fsp3) is 0.429. The highest BCUT2D eigenvalue weighted by Gasteiger charge is 2.18. The van der Waals surface area contributed by atoms with Crippen LogP contribution in [0.1, 0.15) is 25.7 Å². The molecule has 2 heterocycles. The number of rotatable bonds is 5. The zero-order valence-corrected chi connectivity index (χ0v) is 14.0. The molecule has 23 heavy (non-hydrogen) atoms. The average molecular weight is 351 g/mol. The molecule has 2 aromatic heterocycles. The number of urea groups is 1. The molecule has 0 saturated heterocycles. The molecule has 0 spiro atoms. The minimum absolute atomic E-state index is 0.0970. The molecule has 0 radical (unpaired) electrons. The Morgan fingerprint density at radius 2 is 2.22 bits per heavy atom. The van der Waals surface area contributed by atoms with Crippen LogP contribution in [0.5, 0.6) is 0 Å². The maximum atomic E-state index is 11.8. The number of imide groups is 1. The Kier molecular flexibility index (Phi) is 5.29. The number of hydrogen-bond acceptors (Lipinski definition) is 6. The minimum Gasteiger partial charge on any atom is -0.335 e. The Labute approximate surface area is 141 Å². The van der Waals surface area contributed by atoms with Crippen LogP contribution in [0.4, 0.5) is 4.79 Å². The van der Waals surface area contributed by atoms with E-state index in [0.29, 0.717) is 11.0 Å². The number of aromatic amines is 1. The highest BCUT2D eigenvalue weighted by Crippen LogP contribution is 2.23. The summed E-state index contributed by atoms with van der Waals surface area (Å²) in [5.41, 5.74) is 0. The maximum absolute atomic E-state index is 11.8. The lowest BCUT2D eigenvalue weighted by atomic mass is 10.2. The molecule has 2 aromatic rings. The zero-order chi connectivity index (χ0) is 16.1. The number of hydrogen-bond donors (Lipinski definition) is 3. The predicted molar refractivity (Wildman–Crippen MR) is 89.4 cm³/mol. The van der Waals surface area contributed by atoms with Gasteiger partial charge in [0.25, 0.3) is 0 Å². The van der Waals surface area contributed by atoms with Gasteiger partial charge in [-0.25, -0.2) is 9.78 Å². The van der Waals surface area contributed by atoms with Gasteiger partial charge in [-0.2, -0.15) is 0 Å². The van der Waals surface area contributed by atoms with Crippen LogP contribution in [0.25, 0.3) is 10.7 Å². The normalized spacial score (nSPS) is 14.8. The van der Waals surface area contributed by atoms with Gasteiger partial charge in [0.15, 0.2) is 5.82 Å². The van der Waals surface area contributed by atoms with E-state index in [1.54, 1.807) is 11.3 Å². The number of nitrogens with zero attached hydrogens (tertiary/aromatic N) is 2. The Balaban J connectivity index is 1.42. The quantitative estimate of drug-likeness (QED) is 0.718. The topological polar surface area (TPSA) is 99.8 Å². The van der Waals surface area contributed by atoms with Crippen molar-refractivity contribution in [3.63, 3.8) is 0 Å². The van der Waals surface area contributed by atoms with E-state index in [4.69, 9.17) is 0 Å². The second kappa shape index (κ2) is 7.60. The number of aromatic nitrogens is 3. The third-order valence-corrected chi connectivity index (χ3v) is 5.22. The van der Waals surface area contributed by atoms with E-state index < -0.39 is 6.03 Å². The Morgan fingerprint density at radius 3 is 2.96 bits per heavy atom. The first kappa shape index (κ1) is 16.0. The standard InChI is InChI=1S/C14H17N5O2S2/c20-11(16-13(21)15-9-4-1-2-5-9)8-23-14-17-12(18-19-14)10-6-3-7-22-10/h3,6-7,9H,1-2,4-5,8H2,(H,17,18,19)(H2,15,16,20,21). The number of nitrogens with one attached hydrogen (secondary N) is 3. The van der Waals surface area contributed by atoms with Crippen LogP contribution >= 0.6 is 23.1 Å². The van der Waals surface area contributed by atoms with Gasteiger partial charge >= 0.3 is 6.03 Å². The van der Waals surface area contributed by atoms with Crippen molar-refractivity contribution in [1.82, 2.24) is 25.8 Å². The van der Waals surface area contributed by atoms with E-state index in [1.165, 1.54) is 11.8 Å². The molecule has 7 nitrogen and oxygen atoms in total. The number of thiophene rings is 1. The molecule has 3 N–H and O–H groups in total. The Morgan fingerprint density at radius 1 is 1.39 bits per heavy atom. The molecular weight excluding hydrogens is 334 g/mol. The summed E-state index contributed by atoms with van der Waals surface area (Å²) in [6.07, 6.45) is 4.23. The average Bonchev–Trinajstić information content (AvgIpc) is 3.26. The summed E-state index contributed by atoms with van der Waals surface area (Å²) >= 11 is 2.75. The van der Waals surface area contributed by atoms with E-state index >= 15 is 0 Å². The Hall–Kier alpha value is -1.87. The zero-order valence-electron chi connectivity index (χ0n) is 12.4. The minimum atomic E-state index is -0.420. The van der Waals surface area contributed by atoms with Crippen LogP contribution in [-0.4, -0.2) is 38.9 Å². The first-order valence-corrected chi connectivity index (χ1v) is 9.26. The van der Waals surface area contributed by atoms with Crippen molar-refractivity contribution in [2.45, 2.75) is 36.9 Å². The second-order valence-corrected chi connectivity index (χ2v) is 7.13. The fourth-order valence-corrected chi connectivity index (χ4v) is 3.68. The third-order valence-electron chi connectivity index (χ3n) is 3.50. The molecule has 1 saturated carbocycles. The molecular formula is C14H17N5O2S2. The summed E-state index contributed by atoms with van der Waals surface area (Å²) in [5.74, 6) is 0.426. The molecule has 3 amide bonds. The van der Waals surface area contributed by atoms with Crippen molar-refractivity contribution < 1.29 is 9.59 Å². The Bertz CT molecular complexity index is 665. The number of H-pyrrole nitrogens is 1. The third kappa shape index (κ3) is 4.55. The van der Waals surface area contributed by atoms with Crippen LogP contribution in [-0.2, 0) is 4.79 Å². The van der Waals surface area contributed by atoms with Gasteiger partial charge in [0.2, 0.25) is 11.1 Å². The highest BCUT2D eigenvalue weighted by atomic mass is 32.2. The molecule has 3 rings (SSSR count). The maximum Gasteiger partial charge on any atom is 0.321 e. The van der Waals surface area contributed by atoms with Gasteiger partial charge in [0.1, 0.15) is 0 Å². The van der Waals surface area contributed by atoms with Crippen LogP contribution in [0.15, 0.2) is 22.7 Å². The summed E-state index contributed by atoms with van der Waals surface area (Å²) in [7, 11) is 0. The van der Waals surface area contributed by atoms with Crippen molar-refractivity contribution in [2.75, 3.05) is 5.75 Å². The molecule has 0 bridgehead atoms. The second-order valence-electron chi connectivity index (χ2n) is 5.24. The van der Waals surface area contributed by atoms with Gasteiger partial charge in [-0.05, 0) is 24.3 Å². The smallest absolute Gasteiger partial charge is 0.321 e. The number of carbonyl (C=O) groups excluding carboxylic acids is 2. The van der Waals surface area contributed by atoms with E-state index in [0.717, 1.165) is 30.6 Å². The molecule has 122 valence electrons. The molecule has 0 aromatic carbocycles. The number of thioether (sulfide) groups is 1. The molecule has 1 fully saturated rings. The van der Waals surface area contributed by atoms with Crippen LogP contribution in [0.2, 0.25) is 0 Å². The molecule has 9 heteroatoms. The van der Waals surface area contributed by atoms with E-state index in [2.05, 4.69) is 25.8 Å². The number of carbonyl (C=O) groups is 2. The van der Waals surface area contributed by atoms with Crippen LogP contribution in [0, 0.1) is 0 Å². The van der Waals surface area contributed by atoms with E-state index in [9.17, 15) is 9.59 Å². The summed E-state index contributed by atoms with van der Waals surface area (Å²) in [4.78, 5) is 28.8. The van der Waals surface area contributed by atoms with Gasteiger partial charge in [-0.3, -0.25) is 15.2 Å². The summed E-state index contributed by atoms with van der Waals surface area (Å²) in [6, 6.07) is 3.65. The molecule has 1 aliphatic rings. The largest absolute Gasteiger partial charge is 0.335 e. The van der Waals surface area contributed by atoms with Crippen molar-refractivity contribution >= 4 is 35.0 Å². The van der Waals surface area contributed by atoms with E-state index in [-0.39, 0.29) is 17.7 Å². The van der Waals surface area contributed by atoms with Gasteiger partial charge in [0, 0.05) is 6.04 Å². The van der Waals surface area contributed by atoms with Gasteiger partial charge < -0.3 is 5.32 Å². The van der Waals surface area contributed by atoms with Crippen molar-refractivity contribution in [3.8, 4) is 10.7 Å². The summed E-state index contributed by atoms with van der Waals surface area (Å²) in [5, 5.41) is 14.5. The molecule has 1 aliphatic carbocycles. The fourth-order valence-electron chi connectivity index (χ4n) is 2.42. The summed E-state index contributed by atoms with van der Waals surface area (Å²) < 4.78 is 0. The molecule has 0 unspecified atom stereocenters. The molecule has 0 atom stereocenters. The lowest BCUT2D eigenvalue weighted by Gasteiger charge is -2.11.